The second-order valence-corrected chi connectivity index (χ2v) is 5.18. The van der Waals surface area contributed by atoms with Crippen molar-refractivity contribution in [1.82, 2.24) is 9.97 Å². The van der Waals surface area contributed by atoms with Gasteiger partial charge in [-0.2, -0.15) is 0 Å². The fourth-order valence-electron chi connectivity index (χ4n) is 2.01. The van der Waals surface area contributed by atoms with E-state index in [0.717, 1.165) is 30.8 Å². The maximum Gasteiger partial charge on any atom is 0.274 e. The lowest BCUT2D eigenvalue weighted by Gasteiger charge is -2.09. The monoisotopic (exact) mass is 314 g/mol. The molecule has 1 amide bonds. The molecule has 23 heavy (non-hydrogen) atoms. The molecular weight excluding hydrogens is 292 g/mol. The van der Waals surface area contributed by atoms with Gasteiger partial charge in [0.2, 0.25) is 5.95 Å². The van der Waals surface area contributed by atoms with Crippen LogP contribution in [0.5, 0.6) is 5.75 Å². The first kappa shape index (κ1) is 16.7. The van der Waals surface area contributed by atoms with E-state index < -0.39 is 0 Å². The molecule has 0 fully saturated rings. The van der Waals surface area contributed by atoms with Gasteiger partial charge in [0.15, 0.2) is 0 Å². The van der Waals surface area contributed by atoms with E-state index in [9.17, 15) is 4.79 Å². The lowest BCUT2D eigenvalue weighted by atomic mass is 10.2. The van der Waals surface area contributed by atoms with Gasteiger partial charge in [-0.25, -0.2) is 9.97 Å². The minimum Gasteiger partial charge on any atom is -0.497 e. The average Bonchev–Trinajstić information content (AvgIpc) is 2.55. The van der Waals surface area contributed by atoms with Crippen molar-refractivity contribution in [2.45, 2.75) is 26.7 Å². The van der Waals surface area contributed by atoms with Crippen LogP contribution in [0.1, 0.15) is 35.9 Å². The number of nitrogens with zero attached hydrogens (tertiary/aromatic N) is 2. The predicted molar refractivity (Wildman–Crippen MR) is 91.1 cm³/mol. The highest BCUT2D eigenvalue weighted by Gasteiger charge is 2.11. The Labute approximate surface area is 136 Å². The number of carbonyl (C=O) groups is 1. The SMILES string of the molecule is CCCCNc1nc(C)cc(C(=O)Nc2ccc(OC)cc2)n1. The molecule has 0 bridgehead atoms. The topological polar surface area (TPSA) is 76.1 Å². The van der Waals surface area contributed by atoms with Crippen molar-refractivity contribution in [2.24, 2.45) is 0 Å². The molecule has 0 aliphatic rings. The molecule has 0 unspecified atom stereocenters. The van der Waals surface area contributed by atoms with Crippen LogP contribution in [0.25, 0.3) is 0 Å². The fourth-order valence-corrected chi connectivity index (χ4v) is 2.01. The van der Waals surface area contributed by atoms with Crippen LogP contribution in [-0.4, -0.2) is 29.5 Å². The number of nitrogens with one attached hydrogen (secondary N) is 2. The summed E-state index contributed by atoms with van der Waals surface area (Å²) in [5, 5.41) is 5.96. The zero-order valence-electron chi connectivity index (χ0n) is 13.7. The highest BCUT2D eigenvalue weighted by Crippen LogP contribution is 2.16. The minimum atomic E-state index is -0.265. The van der Waals surface area contributed by atoms with Crippen molar-refractivity contribution < 1.29 is 9.53 Å². The van der Waals surface area contributed by atoms with Gasteiger partial charge in [-0.15, -0.1) is 0 Å². The van der Waals surface area contributed by atoms with Gasteiger partial charge < -0.3 is 15.4 Å². The Balaban J connectivity index is 2.08. The summed E-state index contributed by atoms with van der Waals surface area (Å²) < 4.78 is 5.10. The molecule has 6 nitrogen and oxygen atoms in total. The molecule has 2 N–H and O–H groups in total. The molecule has 2 aromatic rings. The zero-order valence-corrected chi connectivity index (χ0v) is 13.7. The van der Waals surface area contributed by atoms with Crippen molar-refractivity contribution in [1.29, 1.82) is 0 Å². The summed E-state index contributed by atoms with van der Waals surface area (Å²) in [5.74, 6) is 0.959. The van der Waals surface area contributed by atoms with Gasteiger partial charge in [-0.1, -0.05) is 13.3 Å². The number of hydrogen-bond donors (Lipinski definition) is 2. The summed E-state index contributed by atoms with van der Waals surface area (Å²) in [6.07, 6.45) is 2.12. The third-order valence-electron chi connectivity index (χ3n) is 3.25. The first-order chi connectivity index (χ1) is 11.1. The van der Waals surface area contributed by atoms with Crippen molar-refractivity contribution in [2.75, 3.05) is 24.3 Å². The van der Waals surface area contributed by atoms with Crippen LogP contribution in [0, 0.1) is 6.92 Å². The minimum absolute atomic E-state index is 0.265. The van der Waals surface area contributed by atoms with E-state index in [1.165, 1.54) is 0 Å². The summed E-state index contributed by atoms with van der Waals surface area (Å²) in [6.45, 7) is 4.75. The molecular formula is C17H22N4O2. The number of ether oxygens (including phenoxy) is 1. The maximum atomic E-state index is 12.3. The van der Waals surface area contributed by atoms with Crippen molar-refractivity contribution in [3.8, 4) is 5.75 Å². The Hall–Kier alpha value is -2.63. The van der Waals surface area contributed by atoms with Crippen LogP contribution in [0.3, 0.4) is 0 Å². The molecule has 0 aliphatic carbocycles. The Morgan fingerprint density at radius 2 is 1.96 bits per heavy atom. The van der Waals surface area contributed by atoms with Crippen LogP contribution >= 0.6 is 0 Å². The molecule has 1 aromatic carbocycles. The van der Waals surface area contributed by atoms with Gasteiger partial charge in [-0.05, 0) is 43.7 Å². The van der Waals surface area contributed by atoms with Gasteiger partial charge in [0, 0.05) is 17.9 Å². The second-order valence-electron chi connectivity index (χ2n) is 5.18. The van der Waals surface area contributed by atoms with E-state index in [1.807, 2.05) is 6.92 Å². The van der Waals surface area contributed by atoms with Crippen LogP contribution < -0.4 is 15.4 Å². The number of anilines is 2. The Kier molecular flexibility index (Phi) is 5.91. The summed E-state index contributed by atoms with van der Waals surface area (Å²) in [7, 11) is 1.60. The average molecular weight is 314 g/mol. The van der Waals surface area contributed by atoms with E-state index >= 15 is 0 Å². The number of unbranched alkanes of at least 4 members (excludes halogenated alkanes) is 1. The summed E-state index contributed by atoms with van der Waals surface area (Å²) in [5.41, 5.74) is 1.78. The smallest absolute Gasteiger partial charge is 0.274 e. The number of aromatic nitrogens is 2. The maximum absolute atomic E-state index is 12.3. The molecule has 122 valence electrons. The number of benzene rings is 1. The van der Waals surface area contributed by atoms with E-state index in [2.05, 4.69) is 27.5 Å². The van der Waals surface area contributed by atoms with E-state index in [1.54, 1.807) is 37.4 Å². The number of methoxy groups -OCH3 is 1. The molecule has 1 heterocycles. The highest BCUT2D eigenvalue weighted by atomic mass is 16.5. The number of carbonyl (C=O) groups excluding carboxylic acids is 1. The number of amides is 1. The molecule has 1 aromatic heterocycles. The largest absolute Gasteiger partial charge is 0.497 e. The van der Waals surface area contributed by atoms with E-state index in [-0.39, 0.29) is 5.91 Å². The second kappa shape index (κ2) is 8.12. The van der Waals surface area contributed by atoms with Gasteiger partial charge in [0.1, 0.15) is 11.4 Å². The first-order valence-electron chi connectivity index (χ1n) is 7.67. The zero-order chi connectivity index (χ0) is 16.7. The number of hydrogen-bond acceptors (Lipinski definition) is 5. The van der Waals surface area contributed by atoms with Gasteiger partial charge in [0.25, 0.3) is 5.91 Å². The van der Waals surface area contributed by atoms with Crippen LogP contribution in [0.2, 0.25) is 0 Å². The molecule has 0 atom stereocenters. The molecule has 0 aliphatic heterocycles. The van der Waals surface area contributed by atoms with Crippen LogP contribution in [-0.2, 0) is 0 Å². The lowest BCUT2D eigenvalue weighted by Crippen LogP contribution is -2.16. The van der Waals surface area contributed by atoms with E-state index in [0.29, 0.717) is 17.3 Å². The standard InChI is InChI=1S/C17H22N4O2/c1-4-5-10-18-17-19-12(2)11-15(21-17)16(22)20-13-6-8-14(23-3)9-7-13/h6-9,11H,4-5,10H2,1-3H3,(H,20,22)(H,18,19,21). The van der Waals surface area contributed by atoms with Crippen molar-refractivity contribution in [3.05, 3.63) is 41.7 Å². The van der Waals surface area contributed by atoms with Crippen LogP contribution in [0.4, 0.5) is 11.6 Å². The molecule has 0 spiro atoms. The molecule has 6 heteroatoms. The fraction of sp³-hybridized carbons (Fsp3) is 0.353. The highest BCUT2D eigenvalue weighted by molar-refractivity contribution is 6.03. The van der Waals surface area contributed by atoms with E-state index in [4.69, 9.17) is 4.74 Å². The predicted octanol–water partition coefficient (Wildman–Crippen LogP) is 3.26. The summed E-state index contributed by atoms with van der Waals surface area (Å²) in [6, 6.07) is 8.82. The summed E-state index contributed by atoms with van der Waals surface area (Å²) >= 11 is 0. The van der Waals surface area contributed by atoms with Gasteiger partial charge >= 0.3 is 0 Å². The third-order valence-corrected chi connectivity index (χ3v) is 3.25. The number of rotatable bonds is 7. The quantitative estimate of drug-likeness (QED) is 0.767. The van der Waals surface area contributed by atoms with Crippen molar-refractivity contribution >= 4 is 17.5 Å². The summed E-state index contributed by atoms with van der Waals surface area (Å²) in [4.78, 5) is 20.9. The Morgan fingerprint density at radius 3 is 2.61 bits per heavy atom. The molecule has 0 saturated heterocycles. The Morgan fingerprint density at radius 1 is 1.22 bits per heavy atom. The van der Waals surface area contributed by atoms with Gasteiger partial charge in [0.05, 0.1) is 7.11 Å². The van der Waals surface area contributed by atoms with Gasteiger partial charge in [-0.3, -0.25) is 4.79 Å². The lowest BCUT2D eigenvalue weighted by molar-refractivity contribution is 0.102. The van der Waals surface area contributed by atoms with Crippen molar-refractivity contribution in [3.63, 3.8) is 0 Å². The molecule has 0 saturated carbocycles. The third kappa shape index (κ3) is 4.95. The first-order valence-corrected chi connectivity index (χ1v) is 7.67. The molecule has 2 rings (SSSR count). The normalized spacial score (nSPS) is 10.2. The van der Waals surface area contributed by atoms with Crippen LogP contribution in [0.15, 0.2) is 30.3 Å². The Bertz CT molecular complexity index is 656. The molecule has 0 radical (unpaired) electrons. The number of aryl methyl sites for hydroxylation is 1.